The van der Waals surface area contributed by atoms with Gasteiger partial charge in [0.05, 0.1) is 18.8 Å². The molecule has 0 radical (unpaired) electrons. The van der Waals surface area contributed by atoms with Gasteiger partial charge < -0.3 is 24.2 Å². The molecule has 32 heavy (non-hydrogen) atoms. The zero-order valence-electron chi connectivity index (χ0n) is 20.3. The van der Waals surface area contributed by atoms with E-state index >= 15 is 0 Å². The number of carbonyl (C=O) groups excluding carboxylic acids is 1. The summed E-state index contributed by atoms with van der Waals surface area (Å²) in [5.41, 5.74) is 0.861. The largest absolute Gasteiger partial charge is 0.492 e. The molecule has 1 aromatic rings. The van der Waals surface area contributed by atoms with Crippen LogP contribution in [0.15, 0.2) is 24.3 Å². The highest BCUT2D eigenvalue weighted by molar-refractivity contribution is 5.72. The number of unbranched alkanes of at least 4 members (excludes halogenated alkanes) is 4. The highest BCUT2D eigenvalue weighted by atomic mass is 16.6. The van der Waals surface area contributed by atoms with Crippen molar-refractivity contribution in [3.05, 3.63) is 29.8 Å². The van der Waals surface area contributed by atoms with E-state index in [2.05, 4.69) is 6.92 Å². The van der Waals surface area contributed by atoms with E-state index in [1.165, 1.54) is 19.3 Å². The van der Waals surface area contributed by atoms with Gasteiger partial charge in [0.25, 0.3) is 0 Å². The number of ether oxygens (including phenoxy) is 3. The molecule has 1 aromatic carbocycles. The minimum absolute atomic E-state index is 0.157. The minimum atomic E-state index is -0.970. The van der Waals surface area contributed by atoms with Crippen molar-refractivity contribution in [2.24, 2.45) is 0 Å². The summed E-state index contributed by atoms with van der Waals surface area (Å²) < 4.78 is 16.6. The van der Waals surface area contributed by atoms with Crippen LogP contribution in [0, 0.1) is 0 Å². The third-order valence-corrected chi connectivity index (χ3v) is 4.81. The molecule has 0 saturated heterocycles. The van der Waals surface area contributed by atoms with Gasteiger partial charge >= 0.3 is 12.1 Å². The summed E-state index contributed by atoms with van der Waals surface area (Å²) in [7, 11) is 0. The Balaban J connectivity index is 2.55. The van der Waals surface area contributed by atoms with Gasteiger partial charge in [-0.1, -0.05) is 44.7 Å². The van der Waals surface area contributed by atoms with Gasteiger partial charge in [0.15, 0.2) is 6.10 Å². The molecule has 0 spiro atoms. The lowest BCUT2D eigenvalue weighted by atomic mass is 10.1. The lowest BCUT2D eigenvalue weighted by Crippen LogP contribution is -2.37. The summed E-state index contributed by atoms with van der Waals surface area (Å²) in [5.74, 6) is -0.298. The van der Waals surface area contributed by atoms with Crippen LogP contribution in [0.25, 0.3) is 0 Å². The fraction of sp³-hybridized carbons (Fsp3) is 0.680. The molecule has 0 fully saturated rings. The summed E-state index contributed by atoms with van der Waals surface area (Å²) >= 11 is 0. The standard InChI is InChI=1S/C25H41NO6/c1-6-7-8-9-10-15-26(25(29)32-20(4)5)16-17-30-22-13-11-21(12-14-22)18-23(24(27)28)31-19(2)3/h11-14,19-20,23H,6-10,15-18H2,1-5H3,(H,27,28). The Kier molecular flexibility index (Phi) is 13.5. The van der Waals surface area contributed by atoms with Crippen LogP contribution in [-0.4, -0.2) is 60.1 Å². The predicted octanol–water partition coefficient (Wildman–Crippen LogP) is 5.30. The molecule has 7 heteroatoms. The average Bonchev–Trinajstić information content (AvgIpc) is 2.72. The molecule has 0 aromatic heterocycles. The molecule has 1 amide bonds. The molecule has 0 aliphatic rings. The van der Waals surface area contributed by atoms with Crippen molar-refractivity contribution in [1.82, 2.24) is 4.90 Å². The average molecular weight is 452 g/mol. The quantitative estimate of drug-likeness (QED) is 0.343. The first-order valence-corrected chi connectivity index (χ1v) is 11.8. The van der Waals surface area contributed by atoms with Crippen LogP contribution in [-0.2, 0) is 20.7 Å². The van der Waals surface area contributed by atoms with E-state index in [-0.39, 0.29) is 18.3 Å². The molecule has 182 valence electrons. The number of carboxylic acids is 1. The monoisotopic (exact) mass is 451 g/mol. The number of carboxylic acid groups (broad SMARTS) is 1. The number of rotatable bonds is 16. The molecule has 1 N–H and O–H groups in total. The third-order valence-electron chi connectivity index (χ3n) is 4.81. The second kappa shape index (κ2) is 15.5. The fourth-order valence-corrected chi connectivity index (χ4v) is 3.21. The van der Waals surface area contributed by atoms with Gasteiger partial charge in [-0.25, -0.2) is 9.59 Å². The summed E-state index contributed by atoms with van der Waals surface area (Å²) in [6, 6.07) is 7.30. The van der Waals surface area contributed by atoms with Gasteiger partial charge in [-0.15, -0.1) is 0 Å². The number of hydrogen-bond donors (Lipinski definition) is 1. The number of hydrogen-bond acceptors (Lipinski definition) is 5. The molecule has 0 bridgehead atoms. The van der Waals surface area contributed by atoms with Crippen LogP contribution in [0.3, 0.4) is 0 Å². The maximum atomic E-state index is 12.4. The van der Waals surface area contributed by atoms with Gasteiger partial charge in [-0.2, -0.15) is 0 Å². The van der Waals surface area contributed by atoms with E-state index in [0.29, 0.717) is 31.9 Å². The first-order valence-electron chi connectivity index (χ1n) is 11.8. The van der Waals surface area contributed by atoms with Crippen molar-refractivity contribution in [2.45, 2.75) is 91.5 Å². The van der Waals surface area contributed by atoms with Crippen molar-refractivity contribution in [3.8, 4) is 5.75 Å². The van der Waals surface area contributed by atoms with Gasteiger partial charge in [0.1, 0.15) is 12.4 Å². The Hall–Kier alpha value is -2.28. The van der Waals surface area contributed by atoms with Crippen molar-refractivity contribution in [2.75, 3.05) is 19.7 Å². The van der Waals surface area contributed by atoms with Crippen LogP contribution in [0.4, 0.5) is 4.79 Å². The Morgan fingerprint density at radius 2 is 1.59 bits per heavy atom. The third kappa shape index (κ3) is 11.9. The zero-order chi connectivity index (χ0) is 23.9. The highest BCUT2D eigenvalue weighted by Crippen LogP contribution is 2.15. The van der Waals surface area contributed by atoms with E-state index in [0.717, 1.165) is 18.4 Å². The van der Waals surface area contributed by atoms with Gasteiger partial charge in [0.2, 0.25) is 0 Å². The molecule has 7 nitrogen and oxygen atoms in total. The second-order valence-corrected chi connectivity index (χ2v) is 8.54. The van der Waals surface area contributed by atoms with E-state index in [4.69, 9.17) is 14.2 Å². The van der Waals surface area contributed by atoms with E-state index in [9.17, 15) is 14.7 Å². The fourth-order valence-electron chi connectivity index (χ4n) is 3.21. The zero-order valence-corrected chi connectivity index (χ0v) is 20.3. The Morgan fingerprint density at radius 1 is 0.938 bits per heavy atom. The lowest BCUT2D eigenvalue weighted by Gasteiger charge is -2.23. The van der Waals surface area contributed by atoms with E-state index in [1.54, 1.807) is 4.90 Å². The Bertz CT molecular complexity index is 659. The summed E-state index contributed by atoms with van der Waals surface area (Å²) in [5, 5.41) is 9.32. The molecule has 1 atom stereocenters. The first-order chi connectivity index (χ1) is 15.2. The number of aliphatic carboxylic acids is 1. The van der Waals surface area contributed by atoms with Crippen molar-refractivity contribution in [1.29, 1.82) is 0 Å². The van der Waals surface area contributed by atoms with Crippen LogP contribution in [0.2, 0.25) is 0 Å². The summed E-state index contributed by atoms with van der Waals surface area (Å²) in [6.07, 6.45) is 4.42. The van der Waals surface area contributed by atoms with Crippen LogP contribution < -0.4 is 4.74 Å². The molecule has 0 aliphatic heterocycles. The summed E-state index contributed by atoms with van der Waals surface area (Å²) in [4.78, 5) is 25.5. The van der Waals surface area contributed by atoms with Gasteiger partial charge in [0, 0.05) is 13.0 Å². The predicted molar refractivity (Wildman–Crippen MR) is 125 cm³/mol. The topological polar surface area (TPSA) is 85.3 Å². The van der Waals surface area contributed by atoms with Crippen LogP contribution in [0.1, 0.15) is 72.3 Å². The first kappa shape index (κ1) is 27.8. The maximum Gasteiger partial charge on any atom is 0.410 e. The second-order valence-electron chi connectivity index (χ2n) is 8.54. The number of amides is 1. The van der Waals surface area contributed by atoms with Gasteiger partial charge in [-0.3, -0.25) is 0 Å². The lowest BCUT2D eigenvalue weighted by molar-refractivity contribution is -0.153. The number of benzene rings is 1. The van der Waals surface area contributed by atoms with Crippen LogP contribution >= 0.6 is 0 Å². The molecule has 1 rings (SSSR count). The molecule has 0 saturated carbocycles. The molecule has 0 heterocycles. The van der Waals surface area contributed by atoms with Gasteiger partial charge in [-0.05, 0) is 51.8 Å². The van der Waals surface area contributed by atoms with Crippen molar-refractivity contribution in [3.63, 3.8) is 0 Å². The maximum absolute atomic E-state index is 12.4. The molecule has 0 aliphatic carbocycles. The Labute approximate surface area is 193 Å². The smallest absolute Gasteiger partial charge is 0.410 e. The highest BCUT2D eigenvalue weighted by Gasteiger charge is 2.20. The number of carbonyl (C=O) groups is 2. The molecular weight excluding hydrogens is 410 g/mol. The Morgan fingerprint density at radius 3 is 2.16 bits per heavy atom. The minimum Gasteiger partial charge on any atom is -0.492 e. The van der Waals surface area contributed by atoms with E-state index < -0.39 is 12.1 Å². The SMILES string of the molecule is CCCCCCCN(CCOc1ccc(CC(OC(C)C)C(=O)O)cc1)C(=O)OC(C)C. The van der Waals surface area contributed by atoms with E-state index in [1.807, 2.05) is 52.0 Å². The van der Waals surface area contributed by atoms with Crippen molar-refractivity contribution >= 4 is 12.1 Å². The van der Waals surface area contributed by atoms with Crippen LogP contribution in [0.5, 0.6) is 5.75 Å². The van der Waals surface area contributed by atoms with Crippen molar-refractivity contribution < 1.29 is 28.9 Å². The normalized spacial score (nSPS) is 12.1. The molecular formula is C25H41NO6. The number of nitrogens with zero attached hydrogens (tertiary/aromatic N) is 1. The molecule has 1 unspecified atom stereocenters. The summed E-state index contributed by atoms with van der Waals surface area (Å²) in [6.45, 7) is 11.0.